The van der Waals surface area contributed by atoms with Crippen LogP contribution in [0.1, 0.15) is 23.4 Å². The number of carbonyl (C=O) groups is 1. The number of rotatable bonds is 3. The lowest BCUT2D eigenvalue weighted by molar-refractivity contribution is -0.130. The van der Waals surface area contributed by atoms with Gasteiger partial charge in [0, 0.05) is 17.3 Å². The number of anilines is 1. The smallest absolute Gasteiger partial charge is 0.225 e. The normalized spacial score (nSPS) is 23.3. The Labute approximate surface area is 115 Å². The van der Waals surface area contributed by atoms with E-state index >= 15 is 0 Å². The van der Waals surface area contributed by atoms with E-state index in [0.717, 1.165) is 25.0 Å². The second-order valence-corrected chi connectivity index (χ2v) is 5.92. The molecule has 0 radical (unpaired) electrons. The van der Waals surface area contributed by atoms with Crippen molar-refractivity contribution in [1.82, 2.24) is 10.3 Å². The average molecular weight is 283 g/mol. The number of hydrogen-bond acceptors (Lipinski definition) is 6. The highest BCUT2D eigenvalue weighted by Gasteiger charge is 2.25. The van der Waals surface area contributed by atoms with Crippen molar-refractivity contribution in [1.29, 1.82) is 0 Å². The quantitative estimate of drug-likeness (QED) is 0.841. The molecule has 2 heterocycles. The van der Waals surface area contributed by atoms with E-state index in [-0.39, 0.29) is 24.7 Å². The molecule has 2 aliphatic rings. The Morgan fingerprint density at radius 1 is 1.47 bits per heavy atom. The molecule has 1 amide bonds. The summed E-state index contributed by atoms with van der Waals surface area (Å²) < 4.78 is 10.5. The summed E-state index contributed by atoms with van der Waals surface area (Å²) in [5.74, 6) is -0.0159. The van der Waals surface area contributed by atoms with Crippen LogP contribution in [0, 0.1) is 0 Å². The van der Waals surface area contributed by atoms with Crippen molar-refractivity contribution in [3.8, 4) is 0 Å². The summed E-state index contributed by atoms with van der Waals surface area (Å²) in [5, 5.41) is 3.65. The molecule has 1 saturated heterocycles. The summed E-state index contributed by atoms with van der Waals surface area (Å²) in [6.45, 7) is 1.15. The van der Waals surface area contributed by atoms with E-state index in [1.165, 1.54) is 16.2 Å². The van der Waals surface area contributed by atoms with Crippen molar-refractivity contribution in [2.75, 3.05) is 18.9 Å². The molecule has 6 nitrogen and oxygen atoms in total. The minimum Gasteiger partial charge on any atom is -0.375 e. The minimum absolute atomic E-state index is 0.0159. The number of ether oxygens (including phenoxy) is 2. The number of carbonyl (C=O) groups excluding carboxylic acids is 1. The average Bonchev–Trinajstić information content (AvgIpc) is 2.96. The number of amides is 1. The number of nitrogens with one attached hydrogen (secondary N) is 1. The number of nitrogens with zero attached hydrogens (tertiary/aromatic N) is 1. The fourth-order valence-corrected chi connectivity index (χ4v) is 3.44. The number of fused-ring (bicyclic) bond motifs is 1. The molecule has 0 saturated carbocycles. The van der Waals surface area contributed by atoms with E-state index in [1.54, 1.807) is 0 Å². The van der Waals surface area contributed by atoms with Gasteiger partial charge in [-0.05, 0) is 12.8 Å². The maximum atomic E-state index is 11.9. The van der Waals surface area contributed by atoms with Crippen LogP contribution in [-0.2, 0) is 27.1 Å². The van der Waals surface area contributed by atoms with Crippen molar-refractivity contribution < 1.29 is 14.3 Å². The van der Waals surface area contributed by atoms with Crippen molar-refractivity contribution in [2.45, 2.75) is 38.0 Å². The van der Waals surface area contributed by atoms with Gasteiger partial charge < -0.3 is 20.5 Å². The van der Waals surface area contributed by atoms with E-state index in [0.29, 0.717) is 18.3 Å². The Balaban J connectivity index is 1.52. The lowest BCUT2D eigenvalue weighted by Gasteiger charge is -2.22. The molecule has 1 aliphatic heterocycles. The third-order valence-corrected chi connectivity index (χ3v) is 4.31. The Bertz CT molecular complexity index is 471. The summed E-state index contributed by atoms with van der Waals surface area (Å²) >= 11 is 1.52. The molecular formula is C12H17N3O3S. The fraction of sp³-hybridized carbons (Fsp3) is 0.667. The lowest BCUT2D eigenvalue weighted by Crippen LogP contribution is -2.40. The summed E-state index contributed by atoms with van der Waals surface area (Å²) in [4.78, 5) is 17.4. The van der Waals surface area contributed by atoms with E-state index in [9.17, 15) is 4.79 Å². The molecule has 1 aromatic rings. The van der Waals surface area contributed by atoms with Gasteiger partial charge in [0.25, 0.3) is 0 Å². The van der Waals surface area contributed by atoms with Gasteiger partial charge in [0.2, 0.25) is 5.91 Å². The molecular weight excluding hydrogens is 266 g/mol. The zero-order valence-corrected chi connectivity index (χ0v) is 11.4. The zero-order chi connectivity index (χ0) is 13.2. The van der Waals surface area contributed by atoms with Crippen LogP contribution in [0.2, 0.25) is 0 Å². The first-order valence-electron chi connectivity index (χ1n) is 6.47. The minimum atomic E-state index is -0.377. The van der Waals surface area contributed by atoms with Crippen LogP contribution in [0.4, 0.5) is 5.13 Å². The first kappa shape index (κ1) is 12.8. The molecule has 19 heavy (non-hydrogen) atoms. The summed E-state index contributed by atoms with van der Waals surface area (Å²) in [6.07, 6.45) is 2.51. The largest absolute Gasteiger partial charge is 0.375 e. The molecule has 0 unspecified atom stereocenters. The third-order valence-electron chi connectivity index (χ3n) is 3.36. The molecule has 0 spiro atoms. The maximum absolute atomic E-state index is 11.9. The number of aromatic nitrogens is 1. The number of thiazole rings is 1. The zero-order valence-electron chi connectivity index (χ0n) is 10.6. The van der Waals surface area contributed by atoms with Crippen LogP contribution in [-0.4, -0.2) is 36.4 Å². The van der Waals surface area contributed by atoms with Crippen LogP contribution >= 0.6 is 11.3 Å². The Kier molecular flexibility index (Phi) is 3.67. The molecule has 104 valence electrons. The van der Waals surface area contributed by atoms with E-state index in [4.69, 9.17) is 15.2 Å². The second kappa shape index (κ2) is 5.44. The number of nitrogen functional groups attached to an aromatic ring is 1. The highest BCUT2D eigenvalue weighted by Crippen LogP contribution is 2.28. The van der Waals surface area contributed by atoms with Gasteiger partial charge in [-0.2, -0.15) is 0 Å². The van der Waals surface area contributed by atoms with E-state index in [1.807, 2.05) is 0 Å². The Hall–Kier alpha value is -1.18. The maximum Gasteiger partial charge on any atom is 0.225 e. The topological polar surface area (TPSA) is 86.5 Å². The van der Waals surface area contributed by atoms with Gasteiger partial charge in [0.15, 0.2) is 11.4 Å². The van der Waals surface area contributed by atoms with Crippen LogP contribution in [0.25, 0.3) is 0 Å². The fourth-order valence-electron chi connectivity index (χ4n) is 2.48. The molecule has 1 aromatic heterocycles. The summed E-state index contributed by atoms with van der Waals surface area (Å²) in [5.41, 5.74) is 6.79. The number of hydrogen-bond donors (Lipinski definition) is 2. The number of aryl methyl sites for hydroxylation is 1. The second-order valence-electron chi connectivity index (χ2n) is 4.80. The molecule has 3 rings (SSSR count). The highest BCUT2D eigenvalue weighted by molar-refractivity contribution is 7.15. The van der Waals surface area contributed by atoms with Crippen molar-refractivity contribution in [2.24, 2.45) is 0 Å². The monoisotopic (exact) mass is 283 g/mol. The van der Waals surface area contributed by atoms with Gasteiger partial charge in [0.05, 0.1) is 25.3 Å². The van der Waals surface area contributed by atoms with Crippen LogP contribution < -0.4 is 11.1 Å². The van der Waals surface area contributed by atoms with Gasteiger partial charge >= 0.3 is 0 Å². The SMILES string of the molecule is Nc1nc2c(s1)C[C@@H](NC(=O)CC1OCCO1)CC2. The van der Waals surface area contributed by atoms with E-state index < -0.39 is 0 Å². The predicted molar refractivity (Wildman–Crippen MR) is 70.8 cm³/mol. The molecule has 1 aliphatic carbocycles. The molecule has 7 heteroatoms. The van der Waals surface area contributed by atoms with Crippen LogP contribution in [0.15, 0.2) is 0 Å². The van der Waals surface area contributed by atoms with Gasteiger partial charge in [-0.15, -0.1) is 11.3 Å². The van der Waals surface area contributed by atoms with Gasteiger partial charge in [-0.3, -0.25) is 4.79 Å². The standard InChI is InChI=1S/C12H17N3O3S/c13-12-15-8-2-1-7(5-9(8)19-12)14-10(16)6-11-17-3-4-18-11/h7,11H,1-6H2,(H2,13,15)(H,14,16)/t7-/m0/s1. The molecule has 0 bridgehead atoms. The van der Waals surface area contributed by atoms with Crippen molar-refractivity contribution in [3.05, 3.63) is 10.6 Å². The molecule has 1 fully saturated rings. The summed E-state index contributed by atoms with van der Waals surface area (Å²) in [7, 11) is 0. The van der Waals surface area contributed by atoms with Crippen molar-refractivity contribution in [3.63, 3.8) is 0 Å². The predicted octanol–water partition coefficient (Wildman–Crippen LogP) is 0.462. The van der Waals surface area contributed by atoms with Gasteiger partial charge in [-0.1, -0.05) is 0 Å². The Morgan fingerprint density at radius 2 is 2.26 bits per heavy atom. The van der Waals surface area contributed by atoms with Gasteiger partial charge in [-0.25, -0.2) is 4.98 Å². The summed E-state index contributed by atoms with van der Waals surface area (Å²) in [6, 6.07) is 0.168. The molecule has 0 aromatic carbocycles. The molecule has 1 atom stereocenters. The first-order valence-corrected chi connectivity index (χ1v) is 7.29. The van der Waals surface area contributed by atoms with Crippen LogP contribution in [0.3, 0.4) is 0 Å². The number of nitrogens with two attached hydrogens (primary N) is 1. The molecule has 3 N–H and O–H groups in total. The van der Waals surface area contributed by atoms with Crippen molar-refractivity contribution >= 4 is 22.4 Å². The Morgan fingerprint density at radius 3 is 3.05 bits per heavy atom. The third kappa shape index (κ3) is 3.05. The van der Waals surface area contributed by atoms with Crippen LogP contribution in [0.5, 0.6) is 0 Å². The highest BCUT2D eigenvalue weighted by atomic mass is 32.1. The lowest BCUT2D eigenvalue weighted by atomic mass is 9.97. The van der Waals surface area contributed by atoms with Gasteiger partial charge in [0.1, 0.15) is 0 Å². The first-order chi connectivity index (χ1) is 9.20. The van der Waals surface area contributed by atoms with E-state index in [2.05, 4.69) is 10.3 Å².